The van der Waals surface area contributed by atoms with Crippen LogP contribution in [0.25, 0.3) is 0 Å². The molecule has 182 valence electrons. The number of fused-ring (bicyclic) bond motifs is 1. The molecule has 8 heteroatoms. The average molecular weight is 470 g/mol. The van der Waals surface area contributed by atoms with Gasteiger partial charge in [-0.1, -0.05) is 30.3 Å². The molecule has 3 aliphatic rings. The summed E-state index contributed by atoms with van der Waals surface area (Å²) in [7, 11) is 0. The van der Waals surface area contributed by atoms with Gasteiger partial charge in [0, 0.05) is 38.7 Å². The molecule has 0 spiro atoms. The lowest BCUT2D eigenvalue weighted by Crippen LogP contribution is -2.55. The molecule has 1 amide bonds. The van der Waals surface area contributed by atoms with Crippen molar-refractivity contribution in [2.24, 2.45) is 0 Å². The molecule has 1 aliphatic carbocycles. The van der Waals surface area contributed by atoms with E-state index in [2.05, 4.69) is 33.3 Å². The van der Waals surface area contributed by atoms with Gasteiger partial charge < -0.3 is 19.9 Å². The van der Waals surface area contributed by atoms with E-state index in [9.17, 15) is 14.3 Å². The van der Waals surface area contributed by atoms with Crippen molar-refractivity contribution >= 4 is 5.91 Å². The number of halogens is 1. The second kappa shape index (κ2) is 10.4. The summed E-state index contributed by atoms with van der Waals surface area (Å²) in [6, 6.07) is 13.8. The number of nitrogens with zero attached hydrogens (tertiary/aromatic N) is 2. The molecule has 2 N–H and O–H groups in total. The van der Waals surface area contributed by atoms with Crippen LogP contribution in [0.2, 0.25) is 0 Å². The molecule has 4 atom stereocenters. The maximum Gasteiger partial charge on any atom is 0.234 e. The number of amides is 1. The molecule has 2 aromatic carbocycles. The Hall–Kier alpha value is -2.52. The van der Waals surface area contributed by atoms with Gasteiger partial charge in [-0.3, -0.25) is 14.6 Å². The van der Waals surface area contributed by atoms with E-state index < -0.39 is 12.2 Å². The number of ether oxygens (including phenoxy) is 2. The van der Waals surface area contributed by atoms with Crippen LogP contribution >= 0.6 is 0 Å². The summed E-state index contributed by atoms with van der Waals surface area (Å²) in [6.45, 7) is 4.54. The summed E-state index contributed by atoms with van der Waals surface area (Å²) in [5, 5.41) is 14.5. The minimum atomic E-state index is -0.817. The molecule has 0 bridgehead atoms. The maximum absolute atomic E-state index is 13.7. The number of carbonyl (C=O) groups excluding carboxylic acids is 1. The Balaban J connectivity index is 1.32. The third-order valence-electron chi connectivity index (χ3n) is 7.11. The molecular formula is C26H32FN3O4. The minimum absolute atomic E-state index is 0.0621. The van der Waals surface area contributed by atoms with Crippen molar-refractivity contribution < 1.29 is 23.8 Å². The fourth-order valence-corrected chi connectivity index (χ4v) is 5.42. The number of aliphatic hydroxyl groups is 1. The third kappa shape index (κ3) is 5.25. The maximum atomic E-state index is 13.7. The Morgan fingerprint density at radius 3 is 2.71 bits per heavy atom. The fourth-order valence-electron chi connectivity index (χ4n) is 5.42. The molecule has 5 rings (SSSR count). The Labute approximate surface area is 199 Å². The molecule has 7 nitrogen and oxygen atoms in total. The van der Waals surface area contributed by atoms with Gasteiger partial charge in [-0.25, -0.2) is 4.39 Å². The number of hydrogen-bond donors (Lipinski definition) is 2. The lowest BCUT2D eigenvalue weighted by atomic mass is 9.97. The van der Waals surface area contributed by atoms with Crippen molar-refractivity contribution in [2.45, 2.75) is 43.7 Å². The first-order valence-electron chi connectivity index (χ1n) is 12.1. The predicted octanol–water partition coefficient (Wildman–Crippen LogP) is 1.58. The number of carbonyl (C=O) groups is 1. The summed E-state index contributed by atoms with van der Waals surface area (Å²) in [5.41, 5.74) is 2.57. The van der Waals surface area contributed by atoms with Crippen molar-refractivity contribution in [3.05, 3.63) is 65.5 Å². The monoisotopic (exact) mass is 469 g/mol. The average Bonchev–Trinajstić information content (AvgIpc) is 3.13. The molecule has 2 fully saturated rings. The second-order valence-electron chi connectivity index (χ2n) is 9.38. The van der Waals surface area contributed by atoms with Gasteiger partial charge in [0.1, 0.15) is 23.8 Å². The van der Waals surface area contributed by atoms with Crippen LogP contribution in [0.1, 0.15) is 17.5 Å². The van der Waals surface area contributed by atoms with Crippen molar-refractivity contribution in [1.82, 2.24) is 15.1 Å². The Bertz CT molecular complexity index is 1000. The van der Waals surface area contributed by atoms with Crippen LogP contribution in [0.15, 0.2) is 48.5 Å². The molecule has 2 aromatic rings. The molecule has 0 radical (unpaired) electrons. The number of morpholine rings is 1. The van der Waals surface area contributed by atoms with Crippen LogP contribution in [0, 0.1) is 5.82 Å². The van der Waals surface area contributed by atoms with Gasteiger partial charge in [0.2, 0.25) is 5.91 Å². The summed E-state index contributed by atoms with van der Waals surface area (Å²) >= 11 is 0. The zero-order chi connectivity index (χ0) is 23.5. The van der Waals surface area contributed by atoms with E-state index in [4.69, 9.17) is 9.47 Å². The SMILES string of the molecule is O=C(CN1CCOCC1)N[C@@H]1C[C@@H](Oc2cccc(F)c2)[C@H](O)[C@H]1N1CCc2ccccc2C1. The van der Waals surface area contributed by atoms with Gasteiger partial charge in [0.15, 0.2) is 0 Å². The standard InChI is InChI=1S/C26H32FN3O4/c27-20-6-3-7-21(14-20)34-23-15-22(28-24(31)17-29-10-12-33-13-11-29)25(26(23)32)30-9-8-18-4-1-2-5-19(18)16-30/h1-7,14,22-23,25-26,32H,8-13,15-17H2,(H,28,31)/t22-,23-,25+,26+/m1/s1. The number of nitrogens with one attached hydrogen (secondary N) is 1. The quantitative estimate of drug-likeness (QED) is 0.669. The number of aliphatic hydroxyl groups excluding tert-OH is 1. The first-order valence-corrected chi connectivity index (χ1v) is 12.1. The summed E-state index contributed by atoms with van der Waals surface area (Å²) in [4.78, 5) is 17.3. The molecule has 2 aliphatic heterocycles. The lowest BCUT2D eigenvalue weighted by Gasteiger charge is -2.38. The van der Waals surface area contributed by atoms with Crippen molar-refractivity contribution in [2.75, 3.05) is 39.4 Å². The Morgan fingerprint density at radius 2 is 1.91 bits per heavy atom. The smallest absolute Gasteiger partial charge is 0.234 e. The van der Waals surface area contributed by atoms with E-state index in [1.165, 1.54) is 23.3 Å². The summed E-state index contributed by atoms with van der Waals surface area (Å²) in [6.07, 6.45) is -0.0154. The van der Waals surface area contributed by atoms with Crippen LogP contribution in [0.4, 0.5) is 4.39 Å². The predicted molar refractivity (Wildman–Crippen MR) is 125 cm³/mol. The number of benzene rings is 2. The highest BCUT2D eigenvalue weighted by molar-refractivity contribution is 5.78. The highest BCUT2D eigenvalue weighted by atomic mass is 19.1. The Kier molecular flexibility index (Phi) is 7.10. The first kappa shape index (κ1) is 23.2. The van der Waals surface area contributed by atoms with Crippen molar-refractivity contribution in [1.29, 1.82) is 0 Å². The van der Waals surface area contributed by atoms with Gasteiger partial charge in [-0.15, -0.1) is 0 Å². The van der Waals surface area contributed by atoms with Gasteiger partial charge in [0.25, 0.3) is 0 Å². The topological polar surface area (TPSA) is 74.3 Å². The van der Waals surface area contributed by atoms with Gasteiger partial charge in [-0.2, -0.15) is 0 Å². The molecule has 0 aromatic heterocycles. The zero-order valence-electron chi connectivity index (χ0n) is 19.2. The van der Waals surface area contributed by atoms with Crippen molar-refractivity contribution in [3.8, 4) is 5.75 Å². The lowest BCUT2D eigenvalue weighted by molar-refractivity contribution is -0.124. The van der Waals surface area contributed by atoms with Gasteiger partial charge >= 0.3 is 0 Å². The summed E-state index contributed by atoms with van der Waals surface area (Å²) in [5.74, 6) is -0.0652. The highest BCUT2D eigenvalue weighted by Crippen LogP contribution is 2.32. The van der Waals surface area contributed by atoms with E-state index in [0.29, 0.717) is 38.5 Å². The van der Waals surface area contributed by atoms with Crippen LogP contribution in [0.3, 0.4) is 0 Å². The summed E-state index contributed by atoms with van der Waals surface area (Å²) < 4.78 is 25.1. The van der Waals surface area contributed by atoms with Crippen LogP contribution < -0.4 is 10.1 Å². The van der Waals surface area contributed by atoms with Crippen LogP contribution in [-0.2, 0) is 22.5 Å². The van der Waals surface area contributed by atoms with E-state index >= 15 is 0 Å². The van der Waals surface area contributed by atoms with Crippen LogP contribution in [-0.4, -0.2) is 84.5 Å². The number of rotatable bonds is 6. The molecule has 1 saturated carbocycles. The Morgan fingerprint density at radius 1 is 1.12 bits per heavy atom. The third-order valence-corrected chi connectivity index (χ3v) is 7.11. The fraction of sp³-hybridized carbons (Fsp3) is 0.500. The second-order valence-corrected chi connectivity index (χ2v) is 9.38. The zero-order valence-corrected chi connectivity index (χ0v) is 19.2. The highest BCUT2D eigenvalue weighted by Gasteiger charge is 2.48. The van der Waals surface area contributed by atoms with Gasteiger partial charge in [-0.05, 0) is 29.7 Å². The van der Waals surface area contributed by atoms with E-state index in [1.54, 1.807) is 12.1 Å². The first-order chi connectivity index (χ1) is 16.6. The van der Waals surface area contributed by atoms with Crippen molar-refractivity contribution in [3.63, 3.8) is 0 Å². The van der Waals surface area contributed by atoms with Gasteiger partial charge in [0.05, 0.1) is 31.8 Å². The van der Waals surface area contributed by atoms with E-state index in [-0.39, 0.29) is 23.8 Å². The largest absolute Gasteiger partial charge is 0.487 e. The molecule has 2 heterocycles. The van der Waals surface area contributed by atoms with E-state index in [0.717, 1.165) is 26.1 Å². The normalized spacial score (nSPS) is 27.8. The van der Waals surface area contributed by atoms with Crippen LogP contribution in [0.5, 0.6) is 5.75 Å². The molecule has 34 heavy (non-hydrogen) atoms. The molecule has 1 saturated heterocycles. The number of hydrogen-bond acceptors (Lipinski definition) is 6. The molecular weight excluding hydrogens is 437 g/mol. The minimum Gasteiger partial charge on any atom is -0.487 e. The molecule has 0 unspecified atom stereocenters. The van der Waals surface area contributed by atoms with E-state index in [1.807, 2.05) is 6.07 Å².